The third-order valence-corrected chi connectivity index (χ3v) is 7.28. The lowest BCUT2D eigenvalue weighted by Gasteiger charge is -2.34. The number of amides is 4. The number of primary amides is 2. The second-order valence-corrected chi connectivity index (χ2v) is 9.57. The summed E-state index contributed by atoms with van der Waals surface area (Å²) in [6.07, 6.45) is 0.936. The summed E-state index contributed by atoms with van der Waals surface area (Å²) >= 11 is 0.810. The second kappa shape index (κ2) is 8.56. The molecule has 1 saturated heterocycles. The predicted molar refractivity (Wildman–Crippen MR) is 121 cm³/mol. The molecule has 33 heavy (non-hydrogen) atoms. The van der Waals surface area contributed by atoms with Crippen LogP contribution in [0.4, 0.5) is 0 Å². The molecule has 3 heterocycles. The molecule has 0 spiro atoms. The van der Waals surface area contributed by atoms with Crippen LogP contribution in [-0.4, -0.2) is 51.7 Å². The van der Waals surface area contributed by atoms with Crippen molar-refractivity contribution in [2.24, 2.45) is 17.4 Å². The van der Waals surface area contributed by atoms with E-state index >= 15 is 0 Å². The van der Waals surface area contributed by atoms with Crippen molar-refractivity contribution in [3.63, 3.8) is 0 Å². The zero-order chi connectivity index (χ0) is 23.9. The van der Waals surface area contributed by atoms with Crippen LogP contribution in [0.5, 0.6) is 0 Å². The Morgan fingerprint density at radius 2 is 1.94 bits per heavy atom. The summed E-state index contributed by atoms with van der Waals surface area (Å²) in [7, 11) is 0. The van der Waals surface area contributed by atoms with E-state index in [9.17, 15) is 19.2 Å². The number of fused-ring (bicyclic) bond motifs is 2. The van der Waals surface area contributed by atoms with Gasteiger partial charge in [-0.2, -0.15) is 0 Å². The minimum Gasteiger partial charge on any atom is -0.365 e. The lowest BCUT2D eigenvalue weighted by atomic mass is 9.86. The largest absolute Gasteiger partial charge is 0.365 e. The fourth-order valence-electron chi connectivity index (χ4n) is 4.44. The Bertz CT molecular complexity index is 1150. The second-order valence-electron chi connectivity index (χ2n) is 8.57. The Labute approximate surface area is 194 Å². The smallest absolute Gasteiger partial charge is 0.277 e. The number of nitrogens with one attached hydrogen (secondary N) is 1. The van der Waals surface area contributed by atoms with Crippen LogP contribution >= 0.6 is 11.3 Å². The first kappa shape index (κ1) is 22.9. The maximum absolute atomic E-state index is 13.6. The van der Waals surface area contributed by atoms with E-state index in [2.05, 4.69) is 10.3 Å². The van der Waals surface area contributed by atoms with E-state index in [1.54, 1.807) is 18.9 Å². The summed E-state index contributed by atoms with van der Waals surface area (Å²) in [6.45, 7) is 5.37. The van der Waals surface area contributed by atoms with Gasteiger partial charge >= 0.3 is 0 Å². The quantitative estimate of drug-likeness (QED) is 0.560. The molecule has 1 fully saturated rings. The highest BCUT2D eigenvalue weighted by Gasteiger charge is 2.47. The van der Waals surface area contributed by atoms with Crippen molar-refractivity contribution in [1.29, 1.82) is 0 Å². The van der Waals surface area contributed by atoms with Crippen LogP contribution in [0.3, 0.4) is 0 Å². The first-order valence-corrected chi connectivity index (χ1v) is 11.5. The van der Waals surface area contributed by atoms with Gasteiger partial charge in [-0.3, -0.25) is 24.2 Å². The van der Waals surface area contributed by atoms with Gasteiger partial charge < -0.3 is 16.8 Å². The van der Waals surface area contributed by atoms with Gasteiger partial charge in [0.25, 0.3) is 17.7 Å². The topological polar surface area (TPSA) is 152 Å². The first-order chi connectivity index (χ1) is 15.6. The lowest BCUT2D eigenvalue weighted by Crippen LogP contribution is -2.57. The average Bonchev–Trinajstić information content (AvgIpc) is 3.38. The molecule has 5 N–H and O–H groups in total. The number of hydrogen-bond acceptors (Lipinski definition) is 7. The van der Waals surface area contributed by atoms with E-state index in [4.69, 9.17) is 11.5 Å². The predicted octanol–water partition coefficient (Wildman–Crippen LogP) is 0.514. The number of aromatic nitrogens is 1. The third kappa shape index (κ3) is 4.09. The number of rotatable bonds is 6. The van der Waals surface area contributed by atoms with E-state index < -0.39 is 23.3 Å². The minimum absolute atomic E-state index is 0.0413. The molecular weight excluding hydrogens is 444 g/mol. The van der Waals surface area contributed by atoms with Crippen molar-refractivity contribution >= 4 is 35.0 Å². The number of nitrogens with zero attached hydrogens (tertiary/aromatic N) is 3. The van der Waals surface area contributed by atoms with Crippen LogP contribution in [0, 0.1) is 5.92 Å². The number of thiazole rings is 1. The van der Waals surface area contributed by atoms with Crippen LogP contribution in [0.2, 0.25) is 0 Å². The molecule has 2 aliphatic rings. The van der Waals surface area contributed by atoms with E-state index in [0.717, 1.165) is 35.4 Å². The molecular formula is C22H26N6O4S. The van der Waals surface area contributed by atoms with Crippen molar-refractivity contribution in [3.05, 3.63) is 51.0 Å². The van der Waals surface area contributed by atoms with Gasteiger partial charge in [0.2, 0.25) is 5.91 Å². The maximum Gasteiger partial charge on any atom is 0.277 e. The molecule has 2 aliphatic heterocycles. The molecule has 4 amide bonds. The zero-order valence-corrected chi connectivity index (χ0v) is 19.3. The van der Waals surface area contributed by atoms with Gasteiger partial charge in [0.05, 0.1) is 5.69 Å². The molecule has 0 unspecified atom stereocenters. The molecule has 0 aliphatic carbocycles. The van der Waals surface area contributed by atoms with E-state index in [1.165, 1.54) is 0 Å². The van der Waals surface area contributed by atoms with Gasteiger partial charge in [-0.1, -0.05) is 31.2 Å². The zero-order valence-electron chi connectivity index (χ0n) is 18.5. The number of carbonyl (C=O) groups excluding carboxylic acids is 4. The van der Waals surface area contributed by atoms with E-state index in [-0.39, 0.29) is 33.8 Å². The Kier molecular flexibility index (Phi) is 5.93. The molecule has 2 aromatic rings. The first-order valence-electron chi connectivity index (χ1n) is 10.7. The highest BCUT2D eigenvalue weighted by molar-refractivity contribution is 7.15. The van der Waals surface area contributed by atoms with Gasteiger partial charge in [-0.05, 0) is 24.5 Å². The average molecular weight is 471 g/mol. The number of carbonyl (C=O) groups is 4. The van der Waals surface area contributed by atoms with Crippen LogP contribution in [0.1, 0.15) is 56.6 Å². The van der Waals surface area contributed by atoms with Crippen molar-refractivity contribution in [2.75, 3.05) is 13.1 Å². The van der Waals surface area contributed by atoms with E-state index in [0.29, 0.717) is 13.1 Å². The Hall–Kier alpha value is -3.31. The summed E-state index contributed by atoms with van der Waals surface area (Å²) in [5, 5.41) is 6.66. The summed E-state index contributed by atoms with van der Waals surface area (Å²) in [5.74, 6) is -2.73. The molecule has 11 heteroatoms. The standard InChI is InChI=1S/C22H26N6O4S/c1-12(10-15-16(17(23)29)33-20(25-15)18(24)30)19(31)26-22(2)14-7-4-3-6-13(14)11-27-8-5-9-28(27)21(22)32/h3-4,6-7,12H,5,8-11H2,1-2H3,(H2,23,29)(H2,24,30)(H,26,31)/t12-,22-/m1/s1. The van der Waals surface area contributed by atoms with Gasteiger partial charge in [0.15, 0.2) is 5.01 Å². The Morgan fingerprint density at radius 1 is 1.21 bits per heavy atom. The fraction of sp³-hybridized carbons (Fsp3) is 0.409. The highest BCUT2D eigenvalue weighted by atomic mass is 32.1. The highest BCUT2D eigenvalue weighted by Crippen LogP contribution is 2.34. The number of nitrogens with two attached hydrogens (primary N) is 2. The van der Waals surface area contributed by atoms with Crippen LogP contribution < -0.4 is 16.8 Å². The number of benzene rings is 1. The molecule has 2 atom stereocenters. The molecule has 1 aromatic carbocycles. The van der Waals surface area contributed by atoms with Gasteiger partial charge in [-0.25, -0.2) is 9.99 Å². The molecule has 0 radical (unpaired) electrons. The Morgan fingerprint density at radius 3 is 2.64 bits per heavy atom. The Balaban J connectivity index is 1.61. The third-order valence-electron chi connectivity index (χ3n) is 6.15. The monoisotopic (exact) mass is 470 g/mol. The number of hydrazine groups is 1. The van der Waals surface area contributed by atoms with Crippen molar-refractivity contribution in [2.45, 2.75) is 38.8 Å². The molecule has 174 valence electrons. The van der Waals surface area contributed by atoms with E-state index in [1.807, 2.05) is 29.3 Å². The summed E-state index contributed by atoms with van der Waals surface area (Å²) in [5.41, 5.74) is 11.4. The SMILES string of the molecule is C[C@H](Cc1nc(C(N)=O)sc1C(N)=O)C(=O)N[C@@]1(C)C(=O)N2CCCN2Cc2ccccc21. The molecule has 10 nitrogen and oxygen atoms in total. The minimum atomic E-state index is -1.26. The van der Waals surface area contributed by atoms with Crippen LogP contribution in [0.25, 0.3) is 0 Å². The molecule has 0 bridgehead atoms. The summed E-state index contributed by atoms with van der Waals surface area (Å²) < 4.78 is 0. The van der Waals surface area contributed by atoms with Crippen molar-refractivity contribution in [1.82, 2.24) is 20.3 Å². The van der Waals surface area contributed by atoms with Crippen LogP contribution in [-0.2, 0) is 28.1 Å². The van der Waals surface area contributed by atoms with Crippen molar-refractivity contribution in [3.8, 4) is 0 Å². The molecule has 0 saturated carbocycles. The maximum atomic E-state index is 13.6. The van der Waals surface area contributed by atoms with Crippen molar-refractivity contribution < 1.29 is 19.2 Å². The molecule has 1 aromatic heterocycles. The molecule has 4 rings (SSSR count). The normalized spacial score (nSPS) is 21.2. The summed E-state index contributed by atoms with van der Waals surface area (Å²) in [6, 6.07) is 7.61. The summed E-state index contributed by atoms with van der Waals surface area (Å²) in [4.78, 5) is 54.3. The fourth-order valence-corrected chi connectivity index (χ4v) is 5.23. The van der Waals surface area contributed by atoms with Gasteiger partial charge in [0, 0.05) is 32.0 Å². The number of hydrogen-bond donors (Lipinski definition) is 3. The van der Waals surface area contributed by atoms with Gasteiger partial charge in [-0.15, -0.1) is 11.3 Å². The lowest BCUT2D eigenvalue weighted by molar-refractivity contribution is -0.153. The van der Waals surface area contributed by atoms with Gasteiger partial charge in [0.1, 0.15) is 10.4 Å². The van der Waals surface area contributed by atoms with Crippen LogP contribution in [0.15, 0.2) is 24.3 Å².